The number of hydrogen-bond acceptors (Lipinski definition) is 13. The number of rotatable bonds is 62. The van der Waals surface area contributed by atoms with E-state index in [1.807, 2.05) is 0 Å². The van der Waals surface area contributed by atoms with Gasteiger partial charge in [-0.1, -0.05) is 317 Å². The van der Waals surface area contributed by atoms with E-state index >= 15 is 0 Å². The highest BCUT2D eigenvalue weighted by molar-refractivity contribution is 5.76. The Bertz CT molecular complexity index is 1870. The third-order valence-corrected chi connectivity index (χ3v) is 18.1. The molecule has 0 aromatic carbocycles. The van der Waals surface area contributed by atoms with Crippen molar-refractivity contribution in [2.24, 2.45) is 0 Å². The lowest BCUT2D eigenvalue weighted by Crippen LogP contribution is -2.65. The van der Waals surface area contributed by atoms with Crippen molar-refractivity contribution < 1.29 is 64.6 Å². The Labute approximate surface area is 561 Å². The zero-order valence-corrected chi connectivity index (χ0v) is 58.3. The highest BCUT2D eigenvalue weighted by atomic mass is 16.7. The number of nitrogens with one attached hydrogen (secondary N) is 1. The molecule has 2 rings (SSSR count). The summed E-state index contributed by atoms with van der Waals surface area (Å²) in [5.41, 5.74) is 0. The predicted octanol–water partition coefficient (Wildman–Crippen LogP) is 16.4. The summed E-state index contributed by atoms with van der Waals surface area (Å²) < 4.78 is 22.9. The summed E-state index contributed by atoms with van der Waals surface area (Å²) in [4.78, 5) is 13.4. The van der Waals surface area contributed by atoms with Gasteiger partial charge in [0.25, 0.3) is 0 Å². The fourth-order valence-corrected chi connectivity index (χ4v) is 12.2. The van der Waals surface area contributed by atoms with Crippen molar-refractivity contribution in [1.82, 2.24) is 5.32 Å². The van der Waals surface area contributed by atoms with E-state index in [-0.39, 0.29) is 18.9 Å². The summed E-state index contributed by atoms with van der Waals surface area (Å²) in [6.45, 7) is 2.76. The van der Waals surface area contributed by atoms with E-state index in [2.05, 4.69) is 104 Å². The Morgan fingerprint density at radius 3 is 1.14 bits per heavy atom. The maximum Gasteiger partial charge on any atom is 0.220 e. The van der Waals surface area contributed by atoms with Crippen LogP contribution >= 0.6 is 0 Å². The standard InChI is InChI=1S/C78H139NO13/c1-3-5-7-9-11-13-15-17-19-21-23-25-27-29-30-31-32-33-34-35-36-38-39-41-43-45-47-49-51-53-55-57-59-61-67(82)66(65-89-77-75(88)73(86)76(69(64-81)91-77)92-78-74(87)72(85)71(84)68(63-80)90-78)79-70(83)62-60-58-56-54-52-50-48-46-44-42-40-37-28-26-24-22-20-18-16-14-12-10-8-6-4-2/h6,8,12,14,18,20,24,26,37,40,44,46,50,52,66-69,71-78,80-82,84-88H,3-5,7,9-11,13,15-17,19,21-23,25,27-36,38-39,41-43,45,47-49,51,53-65H2,1-2H3,(H,79,83)/b8-6-,14-12-,20-18-,26-24-,40-37-,46-44-,52-50-. The minimum Gasteiger partial charge on any atom is -0.394 e. The summed E-state index contributed by atoms with van der Waals surface area (Å²) in [7, 11) is 0. The van der Waals surface area contributed by atoms with Gasteiger partial charge < -0.3 is 65.1 Å². The largest absolute Gasteiger partial charge is 0.394 e. The second-order valence-electron chi connectivity index (χ2n) is 26.4. The average Bonchev–Trinajstić information content (AvgIpc) is 0.865. The van der Waals surface area contributed by atoms with Crippen molar-refractivity contribution in [3.63, 3.8) is 0 Å². The average molecular weight is 1300 g/mol. The van der Waals surface area contributed by atoms with E-state index < -0.39 is 86.8 Å². The molecule has 9 N–H and O–H groups in total. The molecule has 12 unspecified atom stereocenters. The minimum absolute atomic E-state index is 0.238. The number of allylic oxidation sites excluding steroid dienone is 14. The highest BCUT2D eigenvalue weighted by Crippen LogP contribution is 2.30. The van der Waals surface area contributed by atoms with Crippen molar-refractivity contribution >= 4 is 5.91 Å². The molecule has 2 aliphatic heterocycles. The van der Waals surface area contributed by atoms with Gasteiger partial charge in [-0.2, -0.15) is 0 Å². The third kappa shape index (κ3) is 44.8. The zero-order valence-electron chi connectivity index (χ0n) is 58.3. The Kier molecular flexibility index (Phi) is 57.2. The fraction of sp³-hybridized carbons (Fsp3) is 0.808. The molecular formula is C78H139NO13. The molecule has 14 nitrogen and oxygen atoms in total. The van der Waals surface area contributed by atoms with Gasteiger partial charge in [0.05, 0.1) is 32.0 Å². The second kappa shape index (κ2) is 61.7. The smallest absolute Gasteiger partial charge is 0.220 e. The predicted molar refractivity (Wildman–Crippen MR) is 378 cm³/mol. The van der Waals surface area contributed by atoms with Crippen LogP contribution in [0.3, 0.4) is 0 Å². The molecule has 2 saturated heterocycles. The van der Waals surface area contributed by atoms with Gasteiger partial charge in [-0.15, -0.1) is 0 Å². The van der Waals surface area contributed by atoms with Crippen LogP contribution in [-0.4, -0.2) is 140 Å². The van der Waals surface area contributed by atoms with E-state index in [1.54, 1.807) is 0 Å². The Balaban J connectivity index is 1.65. The fourth-order valence-electron chi connectivity index (χ4n) is 12.2. The summed E-state index contributed by atoms with van der Waals surface area (Å²) in [6.07, 6.45) is 69.0. The van der Waals surface area contributed by atoms with Gasteiger partial charge >= 0.3 is 0 Å². The van der Waals surface area contributed by atoms with Crippen LogP contribution in [0.1, 0.15) is 309 Å². The number of carbonyl (C=O) groups is 1. The van der Waals surface area contributed by atoms with Crippen molar-refractivity contribution in [2.45, 2.75) is 383 Å². The number of amides is 1. The number of unbranched alkanes of at least 4 members (excludes halogenated alkanes) is 35. The van der Waals surface area contributed by atoms with E-state index in [1.165, 1.54) is 186 Å². The molecule has 2 heterocycles. The summed E-state index contributed by atoms with van der Waals surface area (Å²) in [5, 5.41) is 87.7. The van der Waals surface area contributed by atoms with Gasteiger partial charge in [0.2, 0.25) is 5.91 Å². The first-order valence-corrected chi connectivity index (χ1v) is 37.8. The van der Waals surface area contributed by atoms with E-state index in [4.69, 9.17) is 18.9 Å². The van der Waals surface area contributed by atoms with E-state index in [0.29, 0.717) is 12.8 Å². The van der Waals surface area contributed by atoms with Gasteiger partial charge in [-0.3, -0.25) is 4.79 Å². The first-order valence-electron chi connectivity index (χ1n) is 37.8. The molecule has 0 aliphatic carbocycles. The van der Waals surface area contributed by atoms with Crippen LogP contribution in [0.5, 0.6) is 0 Å². The molecule has 2 fully saturated rings. The van der Waals surface area contributed by atoms with Gasteiger partial charge in [-0.25, -0.2) is 0 Å². The molecule has 92 heavy (non-hydrogen) atoms. The quantitative estimate of drug-likeness (QED) is 0.0204. The normalized spacial score (nSPS) is 23.2. The maximum atomic E-state index is 13.4. The second-order valence-corrected chi connectivity index (χ2v) is 26.4. The van der Waals surface area contributed by atoms with Crippen molar-refractivity contribution in [2.75, 3.05) is 19.8 Å². The molecular weight excluding hydrogens is 1160 g/mol. The van der Waals surface area contributed by atoms with Crippen LogP contribution in [0.25, 0.3) is 0 Å². The molecule has 12 atom stereocenters. The highest BCUT2D eigenvalue weighted by Gasteiger charge is 2.51. The number of aliphatic hydroxyl groups is 8. The Morgan fingerprint density at radius 1 is 0.402 bits per heavy atom. The van der Waals surface area contributed by atoms with Gasteiger partial charge in [-0.05, 0) is 70.6 Å². The number of carbonyl (C=O) groups excluding carboxylic acids is 1. The first kappa shape index (κ1) is 85.3. The molecule has 534 valence electrons. The van der Waals surface area contributed by atoms with Crippen molar-refractivity contribution in [1.29, 1.82) is 0 Å². The zero-order chi connectivity index (χ0) is 66.6. The Morgan fingerprint density at radius 2 is 0.750 bits per heavy atom. The monoisotopic (exact) mass is 1300 g/mol. The van der Waals surface area contributed by atoms with Crippen LogP contribution in [0.2, 0.25) is 0 Å². The minimum atomic E-state index is -1.79. The lowest BCUT2D eigenvalue weighted by atomic mass is 9.97. The molecule has 14 heteroatoms. The van der Waals surface area contributed by atoms with Gasteiger partial charge in [0.1, 0.15) is 48.8 Å². The van der Waals surface area contributed by atoms with Gasteiger partial charge in [0, 0.05) is 6.42 Å². The summed E-state index contributed by atoms with van der Waals surface area (Å²) >= 11 is 0. The van der Waals surface area contributed by atoms with Crippen LogP contribution in [0.4, 0.5) is 0 Å². The molecule has 2 aliphatic rings. The Hall–Kier alpha value is -2.83. The molecule has 0 saturated carbocycles. The molecule has 0 aromatic rings. The molecule has 0 radical (unpaired) electrons. The van der Waals surface area contributed by atoms with Crippen LogP contribution in [0.15, 0.2) is 85.1 Å². The lowest BCUT2D eigenvalue weighted by molar-refractivity contribution is -0.359. The number of aliphatic hydroxyl groups excluding tert-OH is 8. The van der Waals surface area contributed by atoms with Crippen molar-refractivity contribution in [3.05, 3.63) is 85.1 Å². The van der Waals surface area contributed by atoms with Crippen LogP contribution in [-0.2, 0) is 23.7 Å². The van der Waals surface area contributed by atoms with E-state index in [0.717, 1.165) is 89.9 Å². The maximum absolute atomic E-state index is 13.4. The van der Waals surface area contributed by atoms with Crippen LogP contribution in [0, 0.1) is 0 Å². The number of ether oxygens (including phenoxy) is 4. The lowest BCUT2D eigenvalue weighted by Gasteiger charge is -2.46. The van der Waals surface area contributed by atoms with Crippen LogP contribution < -0.4 is 5.32 Å². The molecule has 0 aromatic heterocycles. The van der Waals surface area contributed by atoms with E-state index in [9.17, 15) is 45.6 Å². The first-order chi connectivity index (χ1) is 45.1. The third-order valence-electron chi connectivity index (χ3n) is 18.1. The van der Waals surface area contributed by atoms with Gasteiger partial charge in [0.15, 0.2) is 12.6 Å². The summed E-state index contributed by atoms with van der Waals surface area (Å²) in [5.74, 6) is -0.238. The SMILES string of the molecule is CC/C=C\C/C=C\C/C=C\C/C=C\C/C=C\C/C=C\C/C=C\CCCCCC(=O)NC(COC1OC(CO)C(OC2OC(CO)C(O)C(O)C2O)C(O)C1O)C(O)CCCCCCCCCCCCCCCCCCCCCCCCCCCCCCCCCCC. The van der Waals surface area contributed by atoms with Crippen molar-refractivity contribution in [3.8, 4) is 0 Å². The molecule has 1 amide bonds. The summed E-state index contributed by atoms with van der Waals surface area (Å²) in [6, 6.07) is -0.855. The topological polar surface area (TPSA) is 228 Å². The molecule has 0 bridgehead atoms. The molecule has 0 spiro atoms. The number of hydrogen-bond donors (Lipinski definition) is 9.